The first kappa shape index (κ1) is 16.7. The van der Waals surface area contributed by atoms with Crippen molar-refractivity contribution in [2.75, 3.05) is 24.6 Å². The second-order valence-corrected chi connectivity index (χ2v) is 7.18. The number of hydrogen-bond donors (Lipinski definition) is 2. The summed E-state index contributed by atoms with van der Waals surface area (Å²) in [5, 5.41) is 0.0624. The van der Waals surface area contributed by atoms with E-state index in [4.69, 9.17) is 4.74 Å². The molecule has 0 bridgehead atoms. The number of aromatic amines is 1. The molecule has 3 rings (SSSR count). The number of H-pyrrole nitrogens is 1. The van der Waals surface area contributed by atoms with Gasteiger partial charge in [-0.05, 0) is 12.8 Å². The quantitative estimate of drug-likeness (QED) is 0.748. The maximum Gasteiger partial charge on any atom is 0.257 e. The molecule has 1 aliphatic rings. The monoisotopic (exact) mass is 352 g/mol. The Morgan fingerprint density at radius 1 is 1.42 bits per heavy atom. The zero-order chi connectivity index (χ0) is 17.0. The van der Waals surface area contributed by atoms with Gasteiger partial charge in [0.05, 0.1) is 19.1 Å². The second-order valence-electron chi connectivity index (χ2n) is 5.50. The maximum absolute atomic E-state index is 12.2. The van der Waals surface area contributed by atoms with Crippen molar-refractivity contribution >= 4 is 15.8 Å². The summed E-state index contributed by atoms with van der Waals surface area (Å²) in [5.74, 6) is 1.13. The van der Waals surface area contributed by atoms with E-state index in [0.717, 1.165) is 6.42 Å². The lowest BCUT2D eigenvalue weighted by Gasteiger charge is -2.19. The summed E-state index contributed by atoms with van der Waals surface area (Å²) >= 11 is 0. The molecule has 0 aromatic carbocycles. The third-order valence-corrected chi connectivity index (χ3v) is 5.11. The Hall–Kier alpha value is -2.20. The van der Waals surface area contributed by atoms with Crippen molar-refractivity contribution < 1.29 is 13.2 Å². The van der Waals surface area contributed by atoms with Crippen molar-refractivity contribution in [2.45, 2.75) is 30.8 Å². The molecule has 2 aromatic rings. The zero-order valence-corrected chi connectivity index (χ0v) is 14.2. The van der Waals surface area contributed by atoms with E-state index in [1.54, 1.807) is 12.4 Å². The first-order chi connectivity index (χ1) is 11.6. The van der Waals surface area contributed by atoms with E-state index in [1.807, 2.05) is 11.8 Å². The van der Waals surface area contributed by atoms with Gasteiger partial charge in [-0.1, -0.05) is 6.92 Å². The van der Waals surface area contributed by atoms with Crippen molar-refractivity contribution in [2.24, 2.45) is 0 Å². The fourth-order valence-electron chi connectivity index (χ4n) is 2.56. The number of sulfonamides is 1. The fourth-order valence-corrected chi connectivity index (χ4v) is 3.72. The van der Waals surface area contributed by atoms with Crippen LogP contribution in [0.4, 0.5) is 5.82 Å². The standard InChI is InChI=1S/C14H20N6O3S/c1-2-7-23-14-13(16-4-5-17-14)20-6-3-11(9-20)19-24(21,22)12-8-15-10-18-12/h4-5,8,10-11,19H,2-3,6-7,9H2,1H3,(H,15,18)/t11-/m1/s1. The molecule has 0 spiro atoms. The lowest BCUT2D eigenvalue weighted by Crippen LogP contribution is -2.37. The van der Waals surface area contributed by atoms with E-state index in [-0.39, 0.29) is 11.1 Å². The third kappa shape index (κ3) is 3.65. The summed E-state index contributed by atoms with van der Waals surface area (Å²) in [7, 11) is -3.59. The molecule has 1 aliphatic heterocycles. The van der Waals surface area contributed by atoms with Crippen LogP contribution in [0.25, 0.3) is 0 Å². The highest BCUT2D eigenvalue weighted by Crippen LogP contribution is 2.26. The molecule has 1 atom stereocenters. The van der Waals surface area contributed by atoms with Gasteiger partial charge in [0.15, 0.2) is 10.8 Å². The Morgan fingerprint density at radius 3 is 3.00 bits per heavy atom. The van der Waals surface area contributed by atoms with Gasteiger partial charge in [-0.2, -0.15) is 0 Å². The van der Waals surface area contributed by atoms with Crippen LogP contribution in [0.5, 0.6) is 5.88 Å². The van der Waals surface area contributed by atoms with Crippen LogP contribution in [0.1, 0.15) is 19.8 Å². The van der Waals surface area contributed by atoms with Crippen LogP contribution in [-0.2, 0) is 10.0 Å². The molecule has 0 radical (unpaired) electrons. The number of rotatable bonds is 7. The number of aromatic nitrogens is 4. The molecule has 130 valence electrons. The van der Waals surface area contributed by atoms with Crippen LogP contribution >= 0.6 is 0 Å². The third-order valence-electron chi connectivity index (χ3n) is 3.66. The summed E-state index contributed by atoms with van der Waals surface area (Å²) in [6, 6.07) is -0.209. The molecule has 0 amide bonds. The normalized spacial score (nSPS) is 18.0. The van der Waals surface area contributed by atoms with E-state index in [9.17, 15) is 8.42 Å². The lowest BCUT2D eigenvalue weighted by atomic mass is 10.3. The first-order valence-corrected chi connectivity index (χ1v) is 9.28. The molecule has 10 heteroatoms. The predicted molar refractivity (Wildman–Crippen MR) is 87.3 cm³/mol. The largest absolute Gasteiger partial charge is 0.475 e. The van der Waals surface area contributed by atoms with Gasteiger partial charge in [0.2, 0.25) is 0 Å². The summed E-state index contributed by atoms with van der Waals surface area (Å²) in [5.41, 5.74) is 0. The average molecular weight is 352 g/mol. The second kappa shape index (κ2) is 7.14. The molecule has 1 saturated heterocycles. The van der Waals surface area contributed by atoms with E-state index in [0.29, 0.717) is 37.8 Å². The molecular weight excluding hydrogens is 332 g/mol. The van der Waals surface area contributed by atoms with Gasteiger partial charge >= 0.3 is 0 Å². The smallest absolute Gasteiger partial charge is 0.257 e. The molecule has 0 saturated carbocycles. The number of ether oxygens (including phenoxy) is 1. The van der Waals surface area contributed by atoms with E-state index in [1.165, 1.54) is 12.5 Å². The SMILES string of the molecule is CCCOc1nccnc1N1CC[C@@H](NS(=O)(=O)c2cnc[nH]2)C1. The fraction of sp³-hybridized carbons (Fsp3) is 0.500. The maximum atomic E-state index is 12.2. The van der Waals surface area contributed by atoms with E-state index < -0.39 is 10.0 Å². The zero-order valence-electron chi connectivity index (χ0n) is 13.3. The molecule has 2 N–H and O–H groups in total. The van der Waals surface area contributed by atoms with Crippen LogP contribution in [0, 0.1) is 0 Å². The van der Waals surface area contributed by atoms with Gasteiger partial charge in [-0.15, -0.1) is 0 Å². The molecule has 1 fully saturated rings. The minimum Gasteiger partial charge on any atom is -0.475 e. The van der Waals surface area contributed by atoms with Gasteiger partial charge in [-0.3, -0.25) is 0 Å². The van der Waals surface area contributed by atoms with Crippen LogP contribution in [0.3, 0.4) is 0 Å². The molecule has 24 heavy (non-hydrogen) atoms. The molecular formula is C14H20N6O3S. The first-order valence-electron chi connectivity index (χ1n) is 7.79. The minimum absolute atomic E-state index is 0.0624. The Balaban J connectivity index is 1.68. The Labute approximate surface area is 140 Å². The van der Waals surface area contributed by atoms with Crippen molar-refractivity contribution in [1.82, 2.24) is 24.7 Å². The van der Waals surface area contributed by atoms with Crippen LogP contribution in [0.15, 0.2) is 29.9 Å². The van der Waals surface area contributed by atoms with Crippen molar-refractivity contribution in [3.05, 3.63) is 24.9 Å². The Bertz CT molecular complexity index is 765. The minimum atomic E-state index is -3.59. The van der Waals surface area contributed by atoms with Gasteiger partial charge in [0.1, 0.15) is 0 Å². The lowest BCUT2D eigenvalue weighted by molar-refractivity contribution is 0.304. The van der Waals surface area contributed by atoms with Crippen molar-refractivity contribution in [3.8, 4) is 5.88 Å². The Morgan fingerprint density at radius 2 is 2.25 bits per heavy atom. The van der Waals surface area contributed by atoms with E-state index in [2.05, 4.69) is 24.7 Å². The summed E-state index contributed by atoms with van der Waals surface area (Å²) < 4.78 is 32.8. The average Bonchev–Trinajstić information content (AvgIpc) is 3.25. The number of imidazole rings is 1. The van der Waals surface area contributed by atoms with Gasteiger partial charge in [0.25, 0.3) is 15.9 Å². The highest BCUT2D eigenvalue weighted by Gasteiger charge is 2.30. The highest BCUT2D eigenvalue weighted by atomic mass is 32.2. The molecule has 9 nitrogen and oxygen atoms in total. The predicted octanol–water partition coefficient (Wildman–Crippen LogP) is 0.546. The van der Waals surface area contributed by atoms with Crippen LogP contribution in [0.2, 0.25) is 0 Å². The number of anilines is 1. The van der Waals surface area contributed by atoms with Crippen molar-refractivity contribution in [1.29, 1.82) is 0 Å². The van der Waals surface area contributed by atoms with Crippen LogP contribution < -0.4 is 14.4 Å². The molecule has 0 unspecified atom stereocenters. The topological polar surface area (TPSA) is 113 Å². The van der Waals surface area contributed by atoms with Gasteiger partial charge in [-0.25, -0.2) is 28.1 Å². The van der Waals surface area contributed by atoms with Crippen molar-refractivity contribution in [3.63, 3.8) is 0 Å². The summed E-state index contributed by atoms with van der Waals surface area (Å²) in [4.78, 5) is 16.9. The Kier molecular flexibility index (Phi) is 4.95. The number of nitrogens with zero attached hydrogens (tertiary/aromatic N) is 4. The molecule has 0 aliphatic carbocycles. The number of hydrogen-bond acceptors (Lipinski definition) is 7. The number of nitrogens with one attached hydrogen (secondary N) is 2. The van der Waals surface area contributed by atoms with Crippen LogP contribution in [-0.4, -0.2) is 54.1 Å². The summed E-state index contributed by atoms with van der Waals surface area (Å²) in [6.07, 6.45) is 7.37. The van der Waals surface area contributed by atoms with E-state index >= 15 is 0 Å². The highest BCUT2D eigenvalue weighted by molar-refractivity contribution is 7.89. The molecule has 2 aromatic heterocycles. The summed E-state index contributed by atoms with van der Waals surface area (Å²) in [6.45, 7) is 3.77. The van der Waals surface area contributed by atoms with Gasteiger partial charge in [0, 0.05) is 31.5 Å². The molecule has 3 heterocycles. The van der Waals surface area contributed by atoms with Gasteiger partial charge < -0.3 is 14.6 Å².